The number of hydrogen-bond donors (Lipinski definition) is 0. The number of aromatic nitrogens is 2. The summed E-state index contributed by atoms with van der Waals surface area (Å²) in [6.07, 6.45) is 6.33. The van der Waals surface area contributed by atoms with Crippen LogP contribution in [0.1, 0.15) is 24.0 Å². The Morgan fingerprint density at radius 1 is 1.04 bits per heavy atom. The number of nitrogens with zero attached hydrogens (tertiary/aromatic N) is 2. The molecule has 0 unspecified atom stereocenters. The van der Waals surface area contributed by atoms with Crippen LogP contribution in [0.2, 0.25) is 0 Å². The number of hydrogen-bond acceptors (Lipinski definition) is 2. The van der Waals surface area contributed by atoms with Crippen LogP contribution in [0.3, 0.4) is 0 Å². The van der Waals surface area contributed by atoms with Crippen LogP contribution in [0.15, 0.2) is 67.1 Å². The summed E-state index contributed by atoms with van der Waals surface area (Å²) in [7, 11) is 0. The van der Waals surface area contributed by atoms with Gasteiger partial charge in [0.1, 0.15) is 0 Å². The third kappa shape index (κ3) is 1.83. The fraction of sp³-hybridized carbons (Fsp3) is 0.250. The Kier molecular flexibility index (Phi) is 2.73. The average molecular weight is 302 g/mol. The van der Waals surface area contributed by atoms with E-state index in [1.165, 1.54) is 22.4 Å². The molecule has 0 saturated heterocycles. The molecule has 0 amide bonds. The Morgan fingerprint density at radius 2 is 1.83 bits per heavy atom. The highest BCUT2D eigenvalue weighted by Crippen LogP contribution is 2.54. The van der Waals surface area contributed by atoms with E-state index in [0.29, 0.717) is 12.7 Å². The smallest absolute Gasteiger partial charge is 0.0959 e. The van der Waals surface area contributed by atoms with Crippen molar-refractivity contribution in [3.05, 3.63) is 78.2 Å². The summed E-state index contributed by atoms with van der Waals surface area (Å²) in [5.41, 5.74) is 5.29. The first kappa shape index (κ1) is 13.1. The van der Waals surface area contributed by atoms with Crippen molar-refractivity contribution in [2.45, 2.75) is 31.1 Å². The summed E-state index contributed by atoms with van der Waals surface area (Å²) in [6.45, 7) is 0.694. The summed E-state index contributed by atoms with van der Waals surface area (Å²) in [5, 5.41) is 0. The number of benzene rings is 2. The molecule has 1 saturated carbocycles. The van der Waals surface area contributed by atoms with Gasteiger partial charge in [0.15, 0.2) is 0 Å². The van der Waals surface area contributed by atoms with Gasteiger partial charge in [0.05, 0.1) is 36.5 Å². The van der Waals surface area contributed by atoms with E-state index in [1.54, 1.807) is 0 Å². The van der Waals surface area contributed by atoms with Crippen molar-refractivity contribution in [3.8, 4) is 11.3 Å². The molecule has 114 valence electrons. The summed E-state index contributed by atoms with van der Waals surface area (Å²) in [5.74, 6) is 0. The van der Waals surface area contributed by atoms with Crippen molar-refractivity contribution < 1.29 is 4.74 Å². The van der Waals surface area contributed by atoms with Gasteiger partial charge in [-0.25, -0.2) is 4.98 Å². The number of ether oxygens (including phenoxy) is 1. The quantitative estimate of drug-likeness (QED) is 0.731. The molecule has 1 aliphatic heterocycles. The first-order valence-corrected chi connectivity index (χ1v) is 8.15. The van der Waals surface area contributed by atoms with Crippen molar-refractivity contribution in [1.29, 1.82) is 0 Å². The first-order chi connectivity index (χ1) is 11.4. The van der Waals surface area contributed by atoms with Gasteiger partial charge in [0.25, 0.3) is 0 Å². The molecular weight excluding hydrogens is 284 g/mol. The molecule has 2 aromatic carbocycles. The lowest BCUT2D eigenvalue weighted by molar-refractivity contribution is -0.0628. The van der Waals surface area contributed by atoms with E-state index in [9.17, 15) is 0 Å². The topological polar surface area (TPSA) is 27.1 Å². The van der Waals surface area contributed by atoms with E-state index >= 15 is 0 Å². The zero-order chi connectivity index (χ0) is 15.3. The van der Waals surface area contributed by atoms with Crippen molar-refractivity contribution in [1.82, 2.24) is 9.55 Å². The van der Waals surface area contributed by atoms with Crippen LogP contribution in [0, 0.1) is 0 Å². The van der Waals surface area contributed by atoms with Gasteiger partial charge in [-0.05, 0) is 11.1 Å². The van der Waals surface area contributed by atoms with Crippen molar-refractivity contribution >= 4 is 0 Å². The fourth-order valence-corrected chi connectivity index (χ4v) is 4.09. The lowest BCUT2D eigenvalue weighted by atomic mass is 9.70. The summed E-state index contributed by atoms with van der Waals surface area (Å²) < 4.78 is 8.47. The highest BCUT2D eigenvalue weighted by molar-refractivity contribution is 5.71. The number of fused-ring (bicyclic) bond motifs is 5. The van der Waals surface area contributed by atoms with Crippen LogP contribution < -0.4 is 0 Å². The average Bonchev–Trinajstić information content (AvgIpc) is 3.13. The molecule has 0 N–H and O–H groups in total. The number of imidazole rings is 1. The summed E-state index contributed by atoms with van der Waals surface area (Å²) in [4.78, 5) is 4.36. The molecule has 1 spiro atoms. The van der Waals surface area contributed by atoms with Gasteiger partial charge in [0.2, 0.25) is 0 Å². The Labute approximate surface area is 135 Å². The molecule has 23 heavy (non-hydrogen) atoms. The lowest BCUT2D eigenvalue weighted by Gasteiger charge is -2.46. The third-order valence-corrected chi connectivity index (χ3v) is 5.26. The summed E-state index contributed by atoms with van der Waals surface area (Å²) in [6, 6.07) is 19.1. The zero-order valence-electron chi connectivity index (χ0n) is 12.9. The molecule has 3 heteroatoms. The van der Waals surface area contributed by atoms with Crippen LogP contribution in [0.4, 0.5) is 0 Å². The molecular formula is C20H18N2O. The predicted octanol–water partition coefficient (Wildman–Crippen LogP) is 3.99. The minimum absolute atomic E-state index is 0.0593. The molecule has 2 aliphatic rings. The third-order valence-electron chi connectivity index (χ3n) is 5.26. The Morgan fingerprint density at radius 3 is 2.70 bits per heavy atom. The van der Waals surface area contributed by atoms with Crippen LogP contribution in [0.5, 0.6) is 0 Å². The standard InChI is InChI=1S/C20H18N2O/c1-2-6-15(7-3-1)13-23-16-10-20(11-16)18-9-5-4-8-17(18)19-12-21-14-22(19)20/h1-9,12,14,16H,10-11,13H2. The predicted molar refractivity (Wildman–Crippen MR) is 89.0 cm³/mol. The lowest BCUT2D eigenvalue weighted by Crippen LogP contribution is -2.49. The van der Waals surface area contributed by atoms with E-state index in [0.717, 1.165) is 12.8 Å². The second kappa shape index (κ2) is 4.80. The maximum atomic E-state index is 6.12. The van der Waals surface area contributed by atoms with Crippen molar-refractivity contribution in [3.63, 3.8) is 0 Å². The van der Waals surface area contributed by atoms with Gasteiger partial charge >= 0.3 is 0 Å². The molecule has 0 atom stereocenters. The van der Waals surface area contributed by atoms with Gasteiger partial charge in [-0.15, -0.1) is 0 Å². The van der Waals surface area contributed by atoms with Crippen LogP contribution >= 0.6 is 0 Å². The molecule has 3 nitrogen and oxygen atoms in total. The monoisotopic (exact) mass is 302 g/mol. The van der Waals surface area contributed by atoms with E-state index in [2.05, 4.69) is 58.1 Å². The highest BCUT2D eigenvalue weighted by Gasteiger charge is 2.52. The van der Waals surface area contributed by atoms with Crippen LogP contribution in [-0.4, -0.2) is 15.7 Å². The maximum absolute atomic E-state index is 6.12. The minimum Gasteiger partial charge on any atom is -0.373 e. The SMILES string of the molecule is c1ccc(COC2CC3(C2)c2ccccc2-c2cncn23)cc1. The highest BCUT2D eigenvalue weighted by atomic mass is 16.5. The Bertz CT molecular complexity index is 847. The molecule has 0 radical (unpaired) electrons. The normalized spacial score (nSPS) is 24.3. The zero-order valence-corrected chi connectivity index (χ0v) is 12.9. The van der Waals surface area contributed by atoms with Gasteiger partial charge in [-0.2, -0.15) is 0 Å². The molecule has 0 bridgehead atoms. The fourth-order valence-electron chi connectivity index (χ4n) is 4.09. The summed E-state index contributed by atoms with van der Waals surface area (Å²) >= 11 is 0. The molecule has 1 aliphatic carbocycles. The maximum Gasteiger partial charge on any atom is 0.0959 e. The Hall–Kier alpha value is -2.39. The number of rotatable bonds is 3. The first-order valence-electron chi connectivity index (χ1n) is 8.15. The van der Waals surface area contributed by atoms with Gasteiger partial charge in [0, 0.05) is 18.4 Å². The van der Waals surface area contributed by atoms with E-state index in [1.807, 2.05) is 18.6 Å². The minimum atomic E-state index is 0.0593. The molecule has 2 heterocycles. The van der Waals surface area contributed by atoms with Crippen molar-refractivity contribution in [2.24, 2.45) is 0 Å². The van der Waals surface area contributed by atoms with E-state index in [4.69, 9.17) is 4.74 Å². The van der Waals surface area contributed by atoms with Crippen LogP contribution in [-0.2, 0) is 16.9 Å². The van der Waals surface area contributed by atoms with Crippen LogP contribution in [0.25, 0.3) is 11.3 Å². The Balaban J connectivity index is 1.38. The van der Waals surface area contributed by atoms with Gasteiger partial charge in [-0.1, -0.05) is 54.6 Å². The largest absolute Gasteiger partial charge is 0.373 e. The van der Waals surface area contributed by atoms with Gasteiger partial charge < -0.3 is 9.30 Å². The molecule has 3 aromatic rings. The molecule has 1 fully saturated rings. The van der Waals surface area contributed by atoms with Crippen molar-refractivity contribution in [2.75, 3.05) is 0 Å². The van der Waals surface area contributed by atoms with E-state index in [-0.39, 0.29) is 5.54 Å². The second-order valence-electron chi connectivity index (χ2n) is 6.55. The molecule has 5 rings (SSSR count). The second-order valence-corrected chi connectivity index (χ2v) is 6.55. The van der Waals surface area contributed by atoms with Gasteiger partial charge in [-0.3, -0.25) is 0 Å². The van der Waals surface area contributed by atoms with E-state index < -0.39 is 0 Å². The molecule has 1 aromatic heterocycles.